The van der Waals surface area contributed by atoms with Crippen LogP contribution in [-0.2, 0) is 11.2 Å². The van der Waals surface area contributed by atoms with Crippen molar-refractivity contribution in [1.82, 2.24) is 0 Å². The highest BCUT2D eigenvalue weighted by atomic mass is 35.5. The summed E-state index contributed by atoms with van der Waals surface area (Å²) >= 11 is 12.2. The quantitative estimate of drug-likeness (QED) is 0.757. The lowest BCUT2D eigenvalue weighted by Gasteiger charge is -2.35. The first kappa shape index (κ1) is 13.1. The number of rotatable bonds is 3. The summed E-state index contributed by atoms with van der Waals surface area (Å²) in [7, 11) is 0. The van der Waals surface area contributed by atoms with Gasteiger partial charge in [-0.15, -0.1) is 11.6 Å². The highest BCUT2D eigenvalue weighted by molar-refractivity contribution is 6.31. The first-order valence-electron chi connectivity index (χ1n) is 5.73. The van der Waals surface area contributed by atoms with Crippen molar-refractivity contribution < 1.29 is 9.13 Å². The van der Waals surface area contributed by atoms with Gasteiger partial charge in [-0.2, -0.15) is 0 Å². The van der Waals surface area contributed by atoms with Gasteiger partial charge in [0.2, 0.25) is 0 Å². The van der Waals surface area contributed by atoms with Crippen molar-refractivity contribution >= 4 is 23.2 Å². The summed E-state index contributed by atoms with van der Waals surface area (Å²) in [5, 5.41) is 0.487. The van der Waals surface area contributed by atoms with Crippen LogP contribution < -0.4 is 0 Å². The predicted molar refractivity (Wildman–Crippen MR) is 68.3 cm³/mol. The molecule has 0 bridgehead atoms. The molecule has 1 aliphatic rings. The lowest BCUT2D eigenvalue weighted by molar-refractivity contribution is 0.0258. The summed E-state index contributed by atoms with van der Waals surface area (Å²) in [4.78, 5) is 0. The molecule has 1 aliphatic heterocycles. The van der Waals surface area contributed by atoms with Gasteiger partial charge in [0.15, 0.2) is 0 Å². The van der Waals surface area contributed by atoms with Crippen LogP contribution in [0.15, 0.2) is 18.2 Å². The zero-order valence-corrected chi connectivity index (χ0v) is 11.0. The fraction of sp³-hybridized carbons (Fsp3) is 0.538. The Bertz CT molecular complexity index is 389. The highest BCUT2D eigenvalue weighted by Gasteiger charge is 2.32. The van der Waals surface area contributed by atoms with Gasteiger partial charge in [-0.3, -0.25) is 0 Å². The molecule has 1 saturated heterocycles. The molecule has 0 aliphatic carbocycles. The largest absolute Gasteiger partial charge is 0.381 e. The Morgan fingerprint density at radius 1 is 1.29 bits per heavy atom. The number of alkyl halides is 1. The van der Waals surface area contributed by atoms with Crippen LogP contribution in [0.25, 0.3) is 0 Å². The molecule has 1 aromatic rings. The smallest absolute Gasteiger partial charge is 0.124 e. The van der Waals surface area contributed by atoms with Crippen molar-refractivity contribution in [3.8, 4) is 0 Å². The van der Waals surface area contributed by atoms with E-state index in [1.807, 2.05) is 0 Å². The van der Waals surface area contributed by atoms with Gasteiger partial charge in [0.05, 0.1) is 0 Å². The lowest BCUT2D eigenvalue weighted by atomic mass is 9.77. The van der Waals surface area contributed by atoms with Crippen LogP contribution in [0.5, 0.6) is 0 Å². The third-order valence-electron chi connectivity index (χ3n) is 3.42. The summed E-state index contributed by atoms with van der Waals surface area (Å²) in [6.07, 6.45) is 2.66. The number of benzene rings is 1. The lowest BCUT2D eigenvalue weighted by Crippen LogP contribution is -2.33. The Balaban J connectivity index is 2.17. The zero-order valence-electron chi connectivity index (χ0n) is 9.52. The van der Waals surface area contributed by atoms with Crippen LogP contribution in [-0.4, -0.2) is 19.1 Å². The second-order valence-electron chi connectivity index (χ2n) is 4.66. The molecule has 2 rings (SSSR count). The van der Waals surface area contributed by atoms with Crippen LogP contribution in [0.3, 0.4) is 0 Å². The summed E-state index contributed by atoms with van der Waals surface area (Å²) in [6.45, 7) is 1.48. The standard InChI is InChI=1S/C13H15Cl2FO/c14-9-13(3-5-17-6-4-13)8-10-1-2-11(16)7-12(10)15/h1-2,7H,3-6,8-9H2. The minimum atomic E-state index is -0.300. The van der Waals surface area contributed by atoms with Gasteiger partial charge in [0, 0.05) is 24.1 Å². The van der Waals surface area contributed by atoms with E-state index in [1.165, 1.54) is 12.1 Å². The SMILES string of the molecule is Fc1ccc(CC2(CCl)CCOCC2)c(Cl)c1. The van der Waals surface area contributed by atoms with Gasteiger partial charge in [0.1, 0.15) is 5.82 Å². The molecule has 0 spiro atoms. The summed E-state index contributed by atoms with van der Waals surface area (Å²) in [5.41, 5.74) is 1.01. The molecule has 4 heteroatoms. The molecule has 0 N–H and O–H groups in total. The molecule has 0 atom stereocenters. The van der Waals surface area contributed by atoms with Crippen molar-refractivity contribution in [3.05, 3.63) is 34.6 Å². The first-order chi connectivity index (χ1) is 8.15. The van der Waals surface area contributed by atoms with E-state index in [-0.39, 0.29) is 11.2 Å². The Morgan fingerprint density at radius 2 is 2.00 bits per heavy atom. The molecule has 0 unspecified atom stereocenters. The fourth-order valence-corrected chi connectivity index (χ4v) is 2.83. The third kappa shape index (κ3) is 3.12. The minimum absolute atomic E-state index is 0.0429. The topological polar surface area (TPSA) is 9.23 Å². The van der Waals surface area contributed by atoms with Gasteiger partial charge in [-0.25, -0.2) is 4.39 Å². The molecule has 0 saturated carbocycles. The fourth-order valence-electron chi connectivity index (χ4n) is 2.23. The molecule has 1 heterocycles. The van der Waals surface area contributed by atoms with Gasteiger partial charge < -0.3 is 4.74 Å². The molecule has 1 nitrogen and oxygen atoms in total. The van der Waals surface area contributed by atoms with Gasteiger partial charge in [-0.05, 0) is 42.4 Å². The Hall–Kier alpha value is -0.310. The molecule has 0 radical (unpaired) electrons. The van der Waals surface area contributed by atoms with Crippen molar-refractivity contribution in [3.63, 3.8) is 0 Å². The number of hydrogen-bond acceptors (Lipinski definition) is 1. The molecule has 1 fully saturated rings. The summed E-state index contributed by atoms with van der Waals surface area (Å²) in [6, 6.07) is 4.56. The minimum Gasteiger partial charge on any atom is -0.381 e. The van der Waals surface area contributed by atoms with E-state index >= 15 is 0 Å². The maximum absolute atomic E-state index is 13.0. The van der Waals surface area contributed by atoms with Gasteiger partial charge >= 0.3 is 0 Å². The predicted octanol–water partition coefficient (Wildman–Crippen LogP) is 4.06. The van der Waals surface area contributed by atoms with Crippen molar-refractivity contribution in [2.24, 2.45) is 5.41 Å². The van der Waals surface area contributed by atoms with Crippen LogP contribution in [0.1, 0.15) is 18.4 Å². The van der Waals surface area contributed by atoms with Gasteiger partial charge in [0.25, 0.3) is 0 Å². The molecular weight excluding hydrogens is 262 g/mol. The van der Waals surface area contributed by atoms with E-state index in [1.54, 1.807) is 6.07 Å². The maximum Gasteiger partial charge on any atom is 0.124 e. The van der Waals surface area contributed by atoms with Crippen molar-refractivity contribution in [2.45, 2.75) is 19.3 Å². The van der Waals surface area contributed by atoms with Crippen LogP contribution in [0.4, 0.5) is 4.39 Å². The van der Waals surface area contributed by atoms with Crippen molar-refractivity contribution in [2.75, 3.05) is 19.1 Å². The average Bonchev–Trinajstić information content (AvgIpc) is 2.34. The number of hydrogen-bond donors (Lipinski definition) is 0. The Labute approximate surface area is 111 Å². The average molecular weight is 277 g/mol. The second-order valence-corrected chi connectivity index (χ2v) is 5.33. The zero-order chi connectivity index (χ0) is 12.3. The van der Waals surface area contributed by atoms with Crippen LogP contribution in [0.2, 0.25) is 5.02 Å². The van der Waals surface area contributed by atoms with E-state index in [0.29, 0.717) is 10.9 Å². The first-order valence-corrected chi connectivity index (χ1v) is 6.64. The monoisotopic (exact) mass is 276 g/mol. The van der Waals surface area contributed by atoms with Crippen LogP contribution in [0, 0.1) is 11.2 Å². The molecule has 0 amide bonds. The maximum atomic E-state index is 13.0. The van der Waals surface area contributed by atoms with Crippen LogP contribution >= 0.6 is 23.2 Å². The third-order valence-corrected chi connectivity index (χ3v) is 4.34. The van der Waals surface area contributed by atoms with E-state index in [0.717, 1.165) is 38.0 Å². The second kappa shape index (κ2) is 5.55. The summed E-state index contributed by atoms with van der Waals surface area (Å²) < 4.78 is 18.3. The molecule has 17 heavy (non-hydrogen) atoms. The van der Waals surface area contributed by atoms with E-state index in [2.05, 4.69) is 0 Å². The van der Waals surface area contributed by atoms with E-state index in [4.69, 9.17) is 27.9 Å². The number of halogens is 3. The normalized spacial score (nSPS) is 19.2. The number of ether oxygens (including phenoxy) is 1. The Kier molecular flexibility index (Phi) is 4.29. The molecular formula is C13H15Cl2FO. The van der Waals surface area contributed by atoms with E-state index in [9.17, 15) is 4.39 Å². The Morgan fingerprint density at radius 3 is 2.59 bits per heavy atom. The van der Waals surface area contributed by atoms with E-state index < -0.39 is 0 Å². The van der Waals surface area contributed by atoms with Gasteiger partial charge in [-0.1, -0.05) is 17.7 Å². The molecule has 1 aromatic carbocycles. The highest BCUT2D eigenvalue weighted by Crippen LogP contribution is 2.37. The molecule has 94 valence electrons. The summed E-state index contributed by atoms with van der Waals surface area (Å²) in [5.74, 6) is 0.287. The van der Waals surface area contributed by atoms with Crippen molar-refractivity contribution in [1.29, 1.82) is 0 Å². The molecule has 0 aromatic heterocycles.